The van der Waals surface area contributed by atoms with Crippen LogP contribution in [0.3, 0.4) is 0 Å². The van der Waals surface area contributed by atoms with Gasteiger partial charge >= 0.3 is 0 Å². The van der Waals surface area contributed by atoms with Gasteiger partial charge in [-0.3, -0.25) is 0 Å². The molecular weight excluding hydrogens is 389 g/mol. The zero-order valence-electron chi connectivity index (χ0n) is 18.0. The topological polar surface area (TPSA) is 76.7 Å². The second kappa shape index (κ2) is 9.69. The van der Waals surface area contributed by atoms with Gasteiger partial charge in [-0.05, 0) is 53.6 Å². The van der Waals surface area contributed by atoms with E-state index in [2.05, 4.69) is 9.68 Å². The van der Waals surface area contributed by atoms with Crippen molar-refractivity contribution in [3.8, 4) is 0 Å². The number of rotatable bonds is 8. The van der Waals surface area contributed by atoms with Crippen LogP contribution in [0.25, 0.3) is 0 Å². The SMILES string of the molecule is COCc1ccccc1S(N)(=O)=NC(C)Nc1c(C(C)C)cc(F)cc1C(C)C. The maximum atomic E-state index is 14.1. The minimum absolute atomic E-state index is 0.113. The fourth-order valence-corrected chi connectivity index (χ4v) is 4.73. The van der Waals surface area contributed by atoms with Gasteiger partial charge in [-0.15, -0.1) is 0 Å². The van der Waals surface area contributed by atoms with Crippen LogP contribution in [0.15, 0.2) is 45.7 Å². The number of nitrogens with zero attached hydrogens (tertiary/aromatic N) is 1. The number of methoxy groups -OCH3 is 1. The predicted molar refractivity (Wildman–Crippen MR) is 118 cm³/mol. The Morgan fingerprint density at radius 2 is 1.66 bits per heavy atom. The van der Waals surface area contributed by atoms with Gasteiger partial charge in [0.15, 0.2) is 0 Å². The molecule has 0 radical (unpaired) electrons. The second-order valence-corrected chi connectivity index (χ2v) is 9.59. The highest BCUT2D eigenvalue weighted by Crippen LogP contribution is 2.34. The number of nitrogens with one attached hydrogen (secondary N) is 1. The fraction of sp³-hybridized carbons (Fsp3) is 0.455. The van der Waals surface area contributed by atoms with Gasteiger partial charge in [0, 0.05) is 12.8 Å². The van der Waals surface area contributed by atoms with E-state index in [1.165, 1.54) is 0 Å². The van der Waals surface area contributed by atoms with Crippen molar-refractivity contribution in [2.45, 2.75) is 64.1 Å². The molecule has 0 heterocycles. The van der Waals surface area contributed by atoms with E-state index in [0.29, 0.717) is 11.5 Å². The van der Waals surface area contributed by atoms with Gasteiger partial charge in [0.2, 0.25) is 0 Å². The third kappa shape index (κ3) is 5.78. The Balaban J connectivity index is 2.47. The summed E-state index contributed by atoms with van der Waals surface area (Å²) < 4.78 is 36.9. The summed E-state index contributed by atoms with van der Waals surface area (Å²) in [6.45, 7) is 10.1. The lowest BCUT2D eigenvalue weighted by molar-refractivity contribution is 0.183. The third-order valence-corrected chi connectivity index (χ3v) is 6.32. The lowest BCUT2D eigenvalue weighted by atomic mass is 9.92. The number of anilines is 1. The maximum Gasteiger partial charge on any atom is 0.137 e. The minimum Gasteiger partial charge on any atom is -0.380 e. The quantitative estimate of drug-likeness (QED) is 0.601. The van der Waals surface area contributed by atoms with Crippen molar-refractivity contribution in [3.05, 3.63) is 58.9 Å². The number of hydrogen-bond acceptors (Lipinski definition) is 4. The molecule has 160 valence electrons. The van der Waals surface area contributed by atoms with E-state index in [1.807, 2.05) is 39.8 Å². The van der Waals surface area contributed by atoms with Gasteiger partial charge in [0.25, 0.3) is 0 Å². The molecule has 0 saturated carbocycles. The summed E-state index contributed by atoms with van der Waals surface area (Å²) in [4.78, 5) is 0.461. The highest BCUT2D eigenvalue weighted by molar-refractivity contribution is 7.91. The summed E-state index contributed by atoms with van der Waals surface area (Å²) >= 11 is 0. The van der Waals surface area contributed by atoms with Crippen molar-refractivity contribution in [1.82, 2.24) is 0 Å². The van der Waals surface area contributed by atoms with Crippen LogP contribution in [0.2, 0.25) is 0 Å². The van der Waals surface area contributed by atoms with E-state index >= 15 is 0 Å². The number of hydrogen-bond donors (Lipinski definition) is 2. The molecule has 0 spiro atoms. The molecule has 0 aliphatic heterocycles. The van der Waals surface area contributed by atoms with Gasteiger partial charge < -0.3 is 10.1 Å². The van der Waals surface area contributed by atoms with Gasteiger partial charge in [-0.2, -0.15) is 4.36 Å². The van der Waals surface area contributed by atoms with Crippen LogP contribution in [-0.2, 0) is 21.3 Å². The second-order valence-electron chi connectivity index (χ2n) is 7.80. The Morgan fingerprint density at radius 3 is 2.17 bits per heavy atom. The van der Waals surface area contributed by atoms with Crippen LogP contribution in [0, 0.1) is 5.82 Å². The smallest absolute Gasteiger partial charge is 0.137 e. The van der Waals surface area contributed by atoms with Gasteiger partial charge in [-0.25, -0.2) is 13.7 Å². The monoisotopic (exact) mass is 421 g/mol. The molecule has 0 amide bonds. The number of benzene rings is 2. The van der Waals surface area contributed by atoms with Crippen molar-refractivity contribution in [2.24, 2.45) is 9.50 Å². The molecule has 2 aromatic carbocycles. The predicted octanol–water partition coefficient (Wildman–Crippen LogP) is 5.38. The lowest BCUT2D eigenvalue weighted by Crippen LogP contribution is -2.23. The molecule has 0 fully saturated rings. The van der Waals surface area contributed by atoms with E-state index in [4.69, 9.17) is 9.88 Å². The third-order valence-electron chi connectivity index (χ3n) is 4.66. The zero-order chi connectivity index (χ0) is 21.8. The first kappa shape index (κ1) is 23.3. The summed E-state index contributed by atoms with van der Waals surface area (Å²) in [7, 11) is -1.57. The summed E-state index contributed by atoms with van der Waals surface area (Å²) in [5, 5.41) is 9.47. The van der Waals surface area contributed by atoms with Crippen LogP contribution in [0.5, 0.6) is 0 Å². The van der Waals surface area contributed by atoms with E-state index < -0.39 is 16.1 Å². The Hall–Kier alpha value is -1.96. The molecule has 7 heteroatoms. The molecule has 2 unspecified atom stereocenters. The minimum atomic E-state index is -3.15. The Bertz CT molecular complexity index is 937. The van der Waals surface area contributed by atoms with Crippen molar-refractivity contribution < 1.29 is 13.3 Å². The standard InChI is InChI=1S/C22H32FN3O2S/c1-14(2)19-11-18(23)12-20(15(3)4)22(19)25-16(5)26-29(24,27)21-10-8-7-9-17(21)13-28-6/h7-12,14-16,25H,13H2,1-6H3,(H2,24,26,27). The summed E-state index contributed by atoms with van der Waals surface area (Å²) in [5.74, 6) is -0.0335. The fourth-order valence-electron chi connectivity index (χ4n) is 3.32. The van der Waals surface area contributed by atoms with E-state index in [0.717, 1.165) is 22.4 Å². The molecule has 5 nitrogen and oxygen atoms in total. The average Bonchev–Trinajstić information content (AvgIpc) is 2.62. The Labute approximate surface area is 174 Å². The van der Waals surface area contributed by atoms with Gasteiger partial charge in [0.05, 0.1) is 11.5 Å². The van der Waals surface area contributed by atoms with Crippen LogP contribution in [0.4, 0.5) is 10.1 Å². The van der Waals surface area contributed by atoms with Crippen LogP contribution in [-0.4, -0.2) is 17.5 Å². The van der Waals surface area contributed by atoms with Crippen molar-refractivity contribution in [2.75, 3.05) is 12.4 Å². The number of halogens is 1. The molecule has 0 saturated heterocycles. The van der Waals surface area contributed by atoms with Crippen LogP contribution in [0.1, 0.15) is 63.1 Å². The summed E-state index contributed by atoms with van der Waals surface area (Å²) in [6, 6.07) is 10.2. The van der Waals surface area contributed by atoms with E-state index in [1.54, 1.807) is 38.3 Å². The summed E-state index contributed by atoms with van der Waals surface area (Å²) in [5.41, 5.74) is 3.29. The number of ether oxygens (including phenoxy) is 1. The molecule has 0 bridgehead atoms. The first-order valence-corrected chi connectivity index (χ1v) is 11.3. The van der Waals surface area contributed by atoms with E-state index in [-0.39, 0.29) is 17.7 Å². The molecular formula is C22H32FN3O2S. The van der Waals surface area contributed by atoms with Crippen molar-refractivity contribution in [1.29, 1.82) is 0 Å². The highest BCUT2D eigenvalue weighted by Gasteiger charge is 2.19. The number of nitrogens with two attached hydrogens (primary N) is 1. The van der Waals surface area contributed by atoms with E-state index in [9.17, 15) is 8.60 Å². The molecule has 2 rings (SSSR count). The molecule has 0 aromatic heterocycles. The van der Waals surface area contributed by atoms with Gasteiger partial charge in [-0.1, -0.05) is 45.9 Å². The molecule has 0 aliphatic carbocycles. The molecule has 3 N–H and O–H groups in total. The van der Waals surface area contributed by atoms with Crippen LogP contribution < -0.4 is 10.5 Å². The first-order chi connectivity index (χ1) is 13.6. The van der Waals surface area contributed by atoms with Gasteiger partial charge in [0.1, 0.15) is 21.9 Å². The largest absolute Gasteiger partial charge is 0.380 e. The normalized spacial score (nSPS) is 14.7. The molecule has 0 aliphatic rings. The molecule has 29 heavy (non-hydrogen) atoms. The average molecular weight is 422 g/mol. The summed E-state index contributed by atoms with van der Waals surface area (Å²) in [6.07, 6.45) is -0.538. The van der Waals surface area contributed by atoms with Crippen molar-refractivity contribution >= 4 is 15.6 Å². The highest BCUT2D eigenvalue weighted by atomic mass is 32.2. The zero-order valence-corrected chi connectivity index (χ0v) is 18.8. The molecule has 2 aromatic rings. The van der Waals surface area contributed by atoms with Crippen LogP contribution >= 0.6 is 0 Å². The lowest BCUT2D eigenvalue weighted by Gasteiger charge is -2.23. The molecule has 2 atom stereocenters. The first-order valence-electron chi connectivity index (χ1n) is 9.77. The van der Waals surface area contributed by atoms with Crippen molar-refractivity contribution in [3.63, 3.8) is 0 Å². The Kier molecular flexibility index (Phi) is 7.80. The Morgan fingerprint density at radius 1 is 1.10 bits per heavy atom. The maximum absolute atomic E-state index is 14.1.